The van der Waals surface area contributed by atoms with Crippen LogP contribution in [0.2, 0.25) is 0 Å². The molecule has 0 saturated carbocycles. The highest BCUT2D eigenvalue weighted by Gasteiger charge is 2.25. The lowest BCUT2D eigenvalue weighted by molar-refractivity contribution is -0.120. The molecular formula is C17H20N3O3. The minimum atomic E-state index is -0.419. The van der Waals surface area contributed by atoms with Crippen molar-refractivity contribution in [3.63, 3.8) is 0 Å². The normalized spacial score (nSPS) is 19.7. The topological polar surface area (TPSA) is 69.7 Å². The highest BCUT2D eigenvalue weighted by molar-refractivity contribution is 6.05. The van der Waals surface area contributed by atoms with Crippen molar-refractivity contribution < 1.29 is 14.4 Å². The maximum Gasteiger partial charge on any atom is 0.328 e. The predicted molar refractivity (Wildman–Crippen MR) is 85.9 cm³/mol. The highest BCUT2D eigenvalue weighted by Crippen LogP contribution is 2.21. The third-order valence-electron chi connectivity index (χ3n) is 4.38. The summed E-state index contributed by atoms with van der Waals surface area (Å²) in [7, 11) is 0. The number of nitrogens with zero attached hydrogens (tertiary/aromatic N) is 2. The lowest BCUT2D eigenvalue weighted by Crippen LogP contribution is -2.49. The number of piperidine rings is 1. The predicted octanol–water partition coefficient (Wildman–Crippen LogP) is 1.82. The Kier molecular flexibility index (Phi) is 4.32. The van der Waals surface area contributed by atoms with E-state index < -0.39 is 6.03 Å². The molecule has 3 rings (SSSR count). The summed E-state index contributed by atoms with van der Waals surface area (Å²) in [5.74, 6) is 0.190. The van der Waals surface area contributed by atoms with Crippen molar-refractivity contribution in [1.82, 2.24) is 10.2 Å². The molecule has 1 aromatic rings. The van der Waals surface area contributed by atoms with Gasteiger partial charge in [0.25, 0.3) is 5.91 Å². The SMILES string of the molecule is [CH2]C1CCN(C(=O)c2ccc(N3CCC(=O)NC3=O)cc2)CC1. The molecule has 1 aromatic carbocycles. The van der Waals surface area contributed by atoms with Crippen LogP contribution in [-0.4, -0.2) is 42.4 Å². The van der Waals surface area contributed by atoms with Crippen molar-refractivity contribution in [3.8, 4) is 0 Å². The third-order valence-corrected chi connectivity index (χ3v) is 4.38. The summed E-state index contributed by atoms with van der Waals surface area (Å²) in [5, 5.41) is 2.29. The van der Waals surface area contributed by atoms with Crippen LogP contribution in [0.15, 0.2) is 24.3 Å². The Morgan fingerprint density at radius 1 is 1.09 bits per heavy atom. The van der Waals surface area contributed by atoms with Crippen LogP contribution in [-0.2, 0) is 4.79 Å². The van der Waals surface area contributed by atoms with Gasteiger partial charge in [0.15, 0.2) is 0 Å². The molecule has 0 atom stereocenters. The van der Waals surface area contributed by atoms with Crippen LogP contribution < -0.4 is 10.2 Å². The van der Waals surface area contributed by atoms with Gasteiger partial charge >= 0.3 is 6.03 Å². The van der Waals surface area contributed by atoms with Gasteiger partial charge in [0.05, 0.1) is 0 Å². The monoisotopic (exact) mass is 314 g/mol. The number of anilines is 1. The first-order chi connectivity index (χ1) is 11.0. The zero-order chi connectivity index (χ0) is 16.4. The van der Waals surface area contributed by atoms with Gasteiger partial charge in [0, 0.05) is 37.3 Å². The Hall–Kier alpha value is -2.37. The second-order valence-electron chi connectivity index (χ2n) is 6.04. The lowest BCUT2D eigenvalue weighted by Gasteiger charge is -2.30. The fraction of sp³-hybridized carbons (Fsp3) is 0.412. The highest BCUT2D eigenvalue weighted by atomic mass is 16.2. The molecular weight excluding hydrogens is 294 g/mol. The van der Waals surface area contributed by atoms with Crippen molar-refractivity contribution in [2.45, 2.75) is 19.3 Å². The van der Waals surface area contributed by atoms with E-state index in [9.17, 15) is 14.4 Å². The Bertz CT molecular complexity index is 618. The molecule has 0 spiro atoms. The van der Waals surface area contributed by atoms with Gasteiger partial charge in [0.2, 0.25) is 5.91 Å². The van der Waals surface area contributed by atoms with Crippen molar-refractivity contribution >= 4 is 23.5 Å². The number of likely N-dealkylation sites (tertiary alicyclic amines) is 1. The fourth-order valence-corrected chi connectivity index (χ4v) is 2.91. The van der Waals surface area contributed by atoms with E-state index in [0.29, 0.717) is 23.7 Å². The molecule has 4 amide bonds. The van der Waals surface area contributed by atoms with E-state index in [1.54, 1.807) is 24.3 Å². The summed E-state index contributed by atoms with van der Waals surface area (Å²) in [6.45, 7) is 5.87. The Morgan fingerprint density at radius 3 is 2.35 bits per heavy atom. The zero-order valence-electron chi connectivity index (χ0n) is 13.0. The van der Waals surface area contributed by atoms with Crippen molar-refractivity contribution in [2.24, 2.45) is 5.92 Å². The van der Waals surface area contributed by atoms with Gasteiger partial charge in [-0.2, -0.15) is 0 Å². The summed E-state index contributed by atoms with van der Waals surface area (Å²) in [4.78, 5) is 38.8. The van der Waals surface area contributed by atoms with Gasteiger partial charge < -0.3 is 4.90 Å². The molecule has 0 aromatic heterocycles. The van der Waals surface area contributed by atoms with Gasteiger partial charge in [-0.25, -0.2) is 4.79 Å². The van der Waals surface area contributed by atoms with Crippen LogP contribution in [0.25, 0.3) is 0 Å². The van der Waals surface area contributed by atoms with Crippen molar-refractivity contribution in [1.29, 1.82) is 0 Å². The quantitative estimate of drug-likeness (QED) is 0.905. The van der Waals surface area contributed by atoms with Gasteiger partial charge in [0.1, 0.15) is 0 Å². The second-order valence-corrected chi connectivity index (χ2v) is 6.04. The molecule has 2 fully saturated rings. The van der Waals surface area contributed by atoms with E-state index in [0.717, 1.165) is 25.9 Å². The number of benzene rings is 1. The molecule has 2 saturated heterocycles. The third kappa shape index (κ3) is 3.36. The smallest absolute Gasteiger partial charge is 0.328 e. The van der Waals surface area contributed by atoms with E-state index in [2.05, 4.69) is 12.2 Å². The lowest BCUT2D eigenvalue weighted by atomic mass is 9.98. The average Bonchev–Trinajstić information content (AvgIpc) is 2.55. The first-order valence-corrected chi connectivity index (χ1v) is 7.88. The van der Waals surface area contributed by atoms with Gasteiger partial charge in [-0.3, -0.25) is 19.8 Å². The first-order valence-electron chi connectivity index (χ1n) is 7.88. The molecule has 23 heavy (non-hydrogen) atoms. The van der Waals surface area contributed by atoms with E-state index in [1.807, 2.05) is 4.90 Å². The molecule has 0 unspecified atom stereocenters. The summed E-state index contributed by atoms with van der Waals surface area (Å²) in [5.41, 5.74) is 1.30. The number of nitrogens with one attached hydrogen (secondary N) is 1. The van der Waals surface area contributed by atoms with Crippen LogP contribution in [0.1, 0.15) is 29.6 Å². The van der Waals surface area contributed by atoms with Crippen molar-refractivity contribution in [2.75, 3.05) is 24.5 Å². The van der Waals surface area contributed by atoms with Crippen molar-refractivity contribution in [3.05, 3.63) is 36.8 Å². The molecule has 2 aliphatic heterocycles. The number of amides is 4. The van der Waals surface area contributed by atoms with Crippen LogP contribution in [0.5, 0.6) is 0 Å². The summed E-state index contributed by atoms with van der Waals surface area (Å²) < 4.78 is 0. The minimum Gasteiger partial charge on any atom is -0.339 e. The van der Waals surface area contributed by atoms with E-state index in [-0.39, 0.29) is 18.2 Å². The average molecular weight is 314 g/mol. The van der Waals surface area contributed by atoms with Gasteiger partial charge in [-0.05, 0) is 43.0 Å². The Labute approximate surface area is 135 Å². The van der Waals surface area contributed by atoms with Crippen LogP contribution in [0.3, 0.4) is 0 Å². The molecule has 6 heteroatoms. The standard InChI is InChI=1S/C17H20N3O3/c1-12-6-9-19(10-7-12)16(22)13-2-4-14(5-3-13)20-11-8-15(21)18-17(20)23/h2-5,12H,1,6-11H2,(H,18,21,23). The molecule has 6 nitrogen and oxygen atoms in total. The number of hydrogen-bond donors (Lipinski definition) is 1. The zero-order valence-corrected chi connectivity index (χ0v) is 13.0. The van der Waals surface area contributed by atoms with E-state index in [1.165, 1.54) is 4.90 Å². The number of carbonyl (C=O) groups is 3. The molecule has 121 valence electrons. The maximum absolute atomic E-state index is 12.5. The van der Waals surface area contributed by atoms with Gasteiger partial charge in [-0.15, -0.1) is 0 Å². The van der Waals surface area contributed by atoms with Crippen LogP contribution in [0, 0.1) is 12.8 Å². The summed E-state index contributed by atoms with van der Waals surface area (Å²) in [6.07, 6.45) is 2.16. The minimum absolute atomic E-state index is 0.0155. The number of hydrogen-bond acceptors (Lipinski definition) is 3. The molecule has 2 aliphatic rings. The van der Waals surface area contributed by atoms with Gasteiger partial charge in [-0.1, -0.05) is 6.92 Å². The largest absolute Gasteiger partial charge is 0.339 e. The number of carbonyl (C=O) groups excluding carboxylic acids is 3. The fourth-order valence-electron chi connectivity index (χ4n) is 2.91. The molecule has 1 radical (unpaired) electrons. The number of urea groups is 1. The number of imide groups is 1. The van der Waals surface area contributed by atoms with E-state index in [4.69, 9.17) is 0 Å². The van der Waals surface area contributed by atoms with Crippen LogP contribution in [0.4, 0.5) is 10.5 Å². The summed E-state index contributed by atoms with van der Waals surface area (Å²) in [6, 6.07) is 6.54. The van der Waals surface area contributed by atoms with E-state index >= 15 is 0 Å². The van der Waals surface area contributed by atoms with Crippen LogP contribution >= 0.6 is 0 Å². The Balaban J connectivity index is 1.68. The maximum atomic E-state index is 12.5. The molecule has 0 bridgehead atoms. The first kappa shape index (κ1) is 15.5. The molecule has 0 aliphatic carbocycles. The summed E-state index contributed by atoms with van der Waals surface area (Å²) >= 11 is 0. The number of rotatable bonds is 2. The Morgan fingerprint density at radius 2 is 1.74 bits per heavy atom. The molecule has 1 N–H and O–H groups in total. The molecule has 2 heterocycles. The second kappa shape index (κ2) is 6.40.